The summed E-state index contributed by atoms with van der Waals surface area (Å²) in [4.78, 5) is 0.305. The van der Waals surface area contributed by atoms with Gasteiger partial charge in [-0.2, -0.15) is 4.31 Å². The first-order chi connectivity index (χ1) is 9.99. The van der Waals surface area contributed by atoms with Crippen LogP contribution in [-0.4, -0.2) is 36.5 Å². The van der Waals surface area contributed by atoms with Crippen molar-refractivity contribution in [2.45, 2.75) is 23.3 Å². The zero-order valence-corrected chi connectivity index (χ0v) is 12.4. The highest BCUT2D eigenvalue weighted by atomic mass is 32.2. The summed E-state index contributed by atoms with van der Waals surface area (Å²) in [5.41, 5.74) is -0.788. The molecule has 21 heavy (non-hydrogen) atoms. The molecule has 0 amide bonds. The summed E-state index contributed by atoms with van der Waals surface area (Å²) >= 11 is 0. The molecule has 0 bridgehead atoms. The molecule has 4 rings (SSSR count). The number of β-amino-alcohol motifs (C(OH)–C–C–N with tert-alkyl or cyclic N) is 1. The maximum atomic E-state index is 12.6. The van der Waals surface area contributed by atoms with Crippen molar-refractivity contribution in [2.24, 2.45) is 5.92 Å². The van der Waals surface area contributed by atoms with E-state index in [0.717, 1.165) is 23.6 Å². The largest absolute Gasteiger partial charge is 0.387 e. The lowest BCUT2D eigenvalue weighted by Crippen LogP contribution is -2.64. The van der Waals surface area contributed by atoms with Crippen molar-refractivity contribution in [1.82, 2.24) is 4.31 Å². The third kappa shape index (κ3) is 2.08. The van der Waals surface area contributed by atoms with Crippen LogP contribution >= 0.6 is 0 Å². The lowest BCUT2D eigenvalue weighted by Gasteiger charge is -2.45. The van der Waals surface area contributed by atoms with E-state index in [9.17, 15) is 13.5 Å². The Kier molecular flexibility index (Phi) is 2.70. The minimum Gasteiger partial charge on any atom is -0.387 e. The SMILES string of the molecule is O=S(=O)(c1ccc2ccccc2c1)N1CC(O)(C2CC2)C1. The molecule has 2 fully saturated rings. The smallest absolute Gasteiger partial charge is 0.243 e. The molecule has 1 saturated heterocycles. The average molecular weight is 303 g/mol. The van der Waals surface area contributed by atoms with E-state index in [0.29, 0.717) is 10.8 Å². The molecule has 5 heteroatoms. The van der Waals surface area contributed by atoms with Crippen LogP contribution in [0.3, 0.4) is 0 Å². The van der Waals surface area contributed by atoms with Gasteiger partial charge in [0.15, 0.2) is 0 Å². The van der Waals surface area contributed by atoms with Gasteiger partial charge in [-0.3, -0.25) is 0 Å². The number of fused-ring (bicyclic) bond motifs is 1. The first-order valence-electron chi connectivity index (χ1n) is 7.20. The molecule has 1 heterocycles. The monoisotopic (exact) mass is 303 g/mol. The second-order valence-electron chi connectivity index (χ2n) is 6.16. The minimum atomic E-state index is -3.50. The quantitative estimate of drug-likeness (QED) is 0.943. The van der Waals surface area contributed by atoms with E-state index < -0.39 is 15.6 Å². The molecule has 0 aromatic heterocycles. The van der Waals surface area contributed by atoms with Gasteiger partial charge in [0.25, 0.3) is 0 Å². The predicted molar refractivity (Wildman–Crippen MR) is 80.4 cm³/mol. The van der Waals surface area contributed by atoms with E-state index in [1.807, 2.05) is 30.3 Å². The number of rotatable bonds is 3. The normalized spacial score (nSPS) is 22.1. The highest BCUT2D eigenvalue weighted by Crippen LogP contribution is 2.45. The van der Waals surface area contributed by atoms with Crippen molar-refractivity contribution in [3.8, 4) is 0 Å². The van der Waals surface area contributed by atoms with Crippen molar-refractivity contribution in [2.75, 3.05) is 13.1 Å². The Balaban J connectivity index is 1.64. The predicted octanol–water partition coefficient (Wildman–Crippen LogP) is 1.99. The molecule has 0 unspecified atom stereocenters. The van der Waals surface area contributed by atoms with Gasteiger partial charge in [0.05, 0.1) is 10.5 Å². The number of hydrogen-bond acceptors (Lipinski definition) is 3. The summed E-state index contributed by atoms with van der Waals surface area (Å²) in [6, 6.07) is 12.9. The van der Waals surface area contributed by atoms with Gasteiger partial charge in [-0.25, -0.2) is 8.42 Å². The second kappa shape index (κ2) is 4.29. The topological polar surface area (TPSA) is 57.6 Å². The minimum absolute atomic E-state index is 0.229. The first kappa shape index (κ1) is 13.2. The number of hydrogen-bond donors (Lipinski definition) is 1. The Morgan fingerprint density at radius 1 is 1.05 bits per heavy atom. The summed E-state index contributed by atoms with van der Waals surface area (Å²) in [6.07, 6.45) is 2.03. The summed E-state index contributed by atoms with van der Waals surface area (Å²) in [5.74, 6) is 0.292. The van der Waals surface area contributed by atoms with Crippen LogP contribution in [0.15, 0.2) is 47.4 Å². The number of sulfonamides is 1. The van der Waals surface area contributed by atoms with E-state index in [1.165, 1.54) is 4.31 Å². The standard InChI is InChI=1S/C16H17NO3S/c18-16(14-6-7-14)10-17(11-16)21(19,20)15-8-5-12-3-1-2-4-13(12)9-15/h1-5,8-9,14,18H,6-7,10-11H2. The van der Waals surface area contributed by atoms with Crippen molar-refractivity contribution in [3.63, 3.8) is 0 Å². The fourth-order valence-corrected chi connectivity index (χ4v) is 4.69. The second-order valence-corrected chi connectivity index (χ2v) is 8.10. The number of aliphatic hydroxyl groups is 1. The van der Waals surface area contributed by atoms with E-state index >= 15 is 0 Å². The van der Waals surface area contributed by atoms with Crippen LogP contribution in [0.1, 0.15) is 12.8 Å². The van der Waals surface area contributed by atoms with Gasteiger partial charge in [-0.05, 0) is 41.7 Å². The highest BCUT2D eigenvalue weighted by Gasteiger charge is 2.55. The van der Waals surface area contributed by atoms with Gasteiger partial charge < -0.3 is 5.11 Å². The van der Waals surface area contributed by atoms with Crippen LogP contribution in [0.4, 0.5) is 0 Å². The van der Waals surface area contributed by atoms with E-state index in [4.69, 9.17) is 0 Å². The molecule has 0 spiro atoms. The molecule has 1 N–H and O–H groups in total. The molecule has 2 aliphatic rings. The van der Waals surface area contributed by atoms with Crippen molar-refractivity contribution in [1.29, 1.82) is 0 Å². The fourth-order valence-electron chi connectivity index (χ4n) is 3.09. The van der Waals surface area contributed by atoms with Gasteiger partial charge in [0.2, 0.25) is 10.0 Å². The molecular formula is C16H17NO3S. The summed E-state index contributed by atoms with van der Waals surface area (Å²) < 4.78 is 26.6. The molecule has 0 radical (unpaired) electrons. The maximum Gasteiger partial charge on any atom is 0.243 e. The lowest BCUT2D eigenvalue weighted by atomic mass is 9.91. The summed E-state index contributed by atoms with van der Waals surface area (Å²) in [6.45, 7) is 0.458. The van der Waals surface area contributed by atoms with Crippen LogP contribution in [-0.2, 0) is 10.0 Å². The Morgan fingerprint density at radius 2 is 1.71 bits per heavy atom. The summed E-state index contributed by atoms with van der Waals surface area (Å²) in [7, 11) is -3.50. The molecule has 1 aliphatic heterocycles. The maximum absolute atomic E-state index is 12.6. The molecule has 4 nitrogen and oxygen atoms in total. The van der Waals surface area contributed by atoms with Crippen LogP contribution in [0.5, 0.6) is 0 Å². The Bertz CT molecular complexity index is 805. The van der Waals surface area contributed by atoms with E-state index in [1.54, 1.807) is 12.1 Å². The van der Waals surface area contributed by atoms with Gasteiger partial charge in [0, 0.05) is 13.1 Å². The molecule has 2 aromatic rings. The fraction of sp³-hybridized carbons (Fsp3) is 0.375. The average Bonchev–Trinajstić information content (AvgIpc) is 3.28. The van der Waals surface area contributed by atoms with Crippen molar-refractivity contribution >= 4 is 20.8 Å². The highest BCUT2D eigenvalue weighted by molar-refractivity contribution is 7.89. The molecule has 1 aliphatic carbocycles. The number of nitrogens with zero attached hydrogens (tertiary/aromatic N) is 1. The van der Waals surface area contributed by atoms with Gasteiger partial charge in [-0.1, -0.05) is 30.3 Å². The molecule has 0 atom stereocenters. The Labute approximate surface area is 124 Å². The third-order valence-electron chi connectivity index (χ3n) is 4.60. The van der Waals surface area contributed by atoms with Gasteiger partial charge in [0.1, 0.15) is 0 Å². The Morgan fingerprint density at radius 3 is 2.38 bits per heavy atom. The number of benzene rings is 2. The van der Waals surface area contributed by atoms with Crippen LogP contribution < -0.4 is 0 Å². The van der Waals surface area contributed by atoms with Gasteiger partial charge >= 0.3 is 0 Å². The van der Waals surface area contributed by atoms with E-state index in [2.05, 4.69) is 0 Å². The molecule has 1 saturated carbocycles. The van der Waals surface area contributed by atoms with E-state index in [-0.39, 0.29) is 13.1 Å². The van der Waals surface area contributed by atoms with Gasteiger partial charge in [-0.15, -0.1) is 0 Å². The van der Waals surface area contributed by atoms with Crippen LogP contribution in [0.25, 0.3) is 10.8 Å². The molecule has 2 aromatic carbocycles. The zero-order chi connectivity index (χ0) is 14.7. The molecule has 110 valence electrons. The lowest BCUT2D eigenvalue weighted by molar-refractivity contribution is -0.0764. The Hall–Kier alpha value is -1.43. The van der Waals surface area contributed by atoms with Crippen LogP contribution in [0.2, 0.25) is 0 Å². The van der Waals surface area contributed by atoms with Crippen molar-refractivity contribution in [3.05, 3.63) is 42.5 Å². The summed E-state index contributed by atoms with van der Waals surface area (Å²) in [5, 5.41) is 12.2. The zero-order valence-electron chi connectivity index (χ0n) is 11.6. The third-order valence-corrected chi connectivity index (χ3v) is 6.38. The van der Waals surface area contributed by atoms with Crippen LogP contribution in [0, 0.1) is 5.92 Å². The van der Waals surface area contributed by atoms with Crippen molar-refractivity contribution < 1.29 is 13.5 Å². The first-order valence-corrected chi connectivity index (χ1v) is 8.64. The molecular weight excluding hydrogens is 286 g/mol.